The lowest BCUT2D eigenvalue weighted by atomic mass is 10.2. The van der Waals surface area contributed by atoms with E-state index in [2.05, 4.69) is 36.2 Å². The van der Waals surface area contributed by atoms with Crippen molar-refractivity contribution in [1.29, 1.82) is 0 Å². The number of rotatable bonds is 2. The van der Waals surface area contributed by atoms with Crippen molar-refractivity contribution < 1.29 is 9.47 Å². The lowest BCUT2D eigenvalue weighted by molar-refractivity contribution is -0.00521. The molecule has 1 saturated heterocycles. The van der Waals surface area contributed by atoms with Gasteiger partial charge in [0.05, 0.1) is 19.3 Å². The number of thiocarbonyl (C=S) groups is 1. The monoisotopic (exact) mass is 280 g/mol. The quantitative estimate of drug-likeness (QED) is 0.842. The first-order valence-corrected chi connectivity index (χ1v) is 6.84. The Morgan fingerprint density at radius 2 is 1.84 bits per heavy atom. The second-order valence-corrected chi connectivity index (χ2v) is 5.20. The van der Waals surface area contributed by atoms with E-state index in [9.17, 15) is 0 Å². The Morgan fingerprint density at radius 3 is 2.37 bits per heavy atom. The molecule has 19 heavy (non-hydrogen) atoms. The third kappa shape index (κ3) is 3.81. The van der Waals surface area contributed by atoms with Crippen molar-refractivity contribution >= 4 is 28.8 Å². The Hall–Kier alpha value is -1.33. The van der Waals surface area contributed by atoms with Crippen LogP contribution in [0.2, 0.25) is 0 Å². The molecular weight excluding hydrogens is 260 g/mol. The van der Waals surface area contributed by atoms with Crippen molar-refractivity contribution in [3.05, 3.63) is 24.3 Å². The van der Waals surface area contributed by atoms with E-state index in [1.54, 1.807) is 7.11 Å². The van der Waals surface area contributed by atoms with Crippen LogP contribution in [-0.4, -0.2) is 37.6 Å². The second-order valence-electron chi connectivity index (χ2n) is 4.83. The Balaban J connectivity index is 2.03. The summed E-state index contributed by atoms with van der Waals surface area (Å²) in [6.07, 6.45) is 0.533. The highest BCUT2D eigenvalue weighted by Crippen LogP contribution is 2.22. The van der Waals surface area contributed by atoms with Gasteiger partial charge in [0.25, 0.3) is 5.17 Å². The molecule has 1 fully saturated rings. The topological polar surface area (TPSA) is 33.7 Å². The van der Waals surface area contributed by atoms with Gasteiger partial charge in [-0.25, -0.2) is 0 Å². The van der Waals surface area contributed by atoms with Crippen molar-refractivity contribution in [2.75, 3.05) is 30.4 Å². The average molecular weight is 280 g/mol. The summed E-state index contributed by atoms with van der Waals surface area (Å²) in [5.41, 5.74) is 2.14. The van der Waals surface area contributed by atoms with Crippen LogP contribution >= 0.6 is 12.2 Å². The molecule has 1 aliphatic rings. The first-order chi connectivity index (χ1) is 9.08. The van der Waals surface area contributed by atoms with Crippen molar-refractivity contribution in [3.63, 3.8) is 0 Å². The molecule has 0 aliphatic carbocycles. The predicted octanol–water partition coefficient (Wildman–Crippen LogP) is 2.64. The minimum Gasteiger partial charge on any atom is -0.474 e. The molecule has 0 spiro atoms. The zero-order chi connectivity index (χ0) is 13.8. The van der Waals surface area contributed by atoms with E-state index in [1.807, 2.05) is 12.1 Å². The summed E-state index contributed by atoms with van der Waals surface area (Å²) in [4.78, 5) is 2.34. The van der Waals surface area contributed by atoms with Gasteiger partial charge in [0.2, 0.25) is 0 Å². The third-order valence-electron chi connectivity index (χ3n) is 3.08. The minimum atomic E-state index is 0.266. The zero-order valence-corrected chi connectivity index (χ0v) is 12.4. The molecule has 0 bridgehead atoms. The van der Waals surface area contributed by atoms with Gasteiger partial charge in [0.1, 0.15) is 0 Å². The highest BCUT2D eigenvalue weighted by atomic mass is 32.1. The summed E-state index contributed by atoms with van der Waals surface area (Å²) in [7, 11) is 1.56. The average Bonchev–Trinajstić information content (AvgIpc) is 2.38. The second kappa shape index (κ2) is 6.21. The van der Waals surface area contributed by atoms with Crippen LogP contribution in [0.15, 0.2) is 24.3 Å². The van der Waals surface area contributed by atoms with Gasteiger partial charge in [-0.15, -0.1) is 0 Å². The number of ether oxygens (including phenoxy) is 2. The maximum atomic E-state index is 5.74. The van der Waals surface area contributed by atoms with E-state index in [4.69, 9.17) is 21.7 Å². The summed E-state index contributed by atoms with van der Waals surface area (Å²) in [6.45, 7) is 6.06. The molecule has 104 valence electrons. The van der Waals surface area contributed by atoms with Crippen molar-refractivity contribution in [2.45, 2.75) is 26.1 Å². The van der Waals surface area contributed by atoms with Crippen molar-refractivity contribution in [2.24, 2.45) is 0 Å². The molecule has 1 aromatic rings. The first kappa shape index (κ1) is 14.1. The number of benzene rings is 1. The van der Waals surface area contributed by atoms with Crippen LogP contribution in [0.4, 0.5) is 11.4 Å². The van der Waals surface area contributed by atoms with E-state index in [-0.39, 0.29) is 12.2 Å². The highest BCUT2D eigenvalue weighted by molar-refractivity contribution is 7.80. The van der Waals surface area contributed by atoms with Crippen LogP contribution in [0.3, 0.4) is 0 Å². The van der Waals surface area contributed by atoms with Crippen molar-refractivity contribution in [1.82, 2.24) is 0 Å². The lowest BCUT2D eigenvalue weighted by Crippen LogP contribution is -2.45. The van der Waals surface area contributed by atoms with Crippen molar-refractivity contribution in [3.8, 4) is 0 Å². The predicted molar refractivity (Wildman–Crippen MR) is 81.9 cm³/mol. The molecule has 4 nitrogen and oxygen atoms in total. The van der Waals surface area contributed by atoms with Crippen LogP contribution in [-0.2, 0) is 9.47 Å². The van der Waals surface area contributed by atoms with Gasteiger partial charge >= 0.3 is 0 Å². The standard InChI is InChI=1S/C14H20N2O2S/c1-10-8-16(9-11(2)18-10)13-6-4-12(5-7-13)15-14(19)17-3/h4-7,10-11H,8-9H2,1-3H3,(H,15,19)/t10-,11-/m0/s1. The van der Waals surface area contributed by atoms with Crippen LogP contribution in [0.25, 0.3) is 0 Å². The molecule has 0 aromatic heterocycles. The van der Waals surface area contributed by atoms with Crippen LogP contribution in [0.5, 0.6) is 0 Å². The van der Waals surface area contributed by atoms with Gasteiger partial charge in [-0.05, 0) is 50.3 Å². The van der Waals surface area contributed by atoms with Gasteiger partial charge in [-0.2, -0.15) is 0 Å². The molecule has 1 N–H and O–H groups in total. The Bertz CT molecular complexity index is 426. The van der Waals surface area contributed by atoms with E-state index in [1.165, 1.54) is 5.69 Å². The molecule has 0 unspecified atom stereocenters. The molecule has 1 aromatic carbocycles. The SMILES string of the molecule is COC(=S)Nc1ccc(N2C[C@H](C)O[C@@H](C)C2)cc1. The number of anilines is 2. The van der Waals surface area contributed by atoms with Gasteiger partial charge in [0.15, 0.2) is 0 Å². The third-order valence-corrected chi connectivity index (χ3v) is 3.35. The molecule has 1 heterocycles. The van der Waals surface area contributed by atoms with Crippen LogP contribution < -0.4 is 10.2 Å². The van der Waals surface area contributed by atoms with Gasteiger partial charge in [-0.1, -0.05) is 0 Å². The van der Waals surface area contributed by atoms with E-state index in [0.717, 1.165) is 18.8 Å². The Morgan fingerprint density at radius 1 is 1.26 bits per heavy atom. The number of morpholine rings is 1. The van der Waals surface area contributed by atoms with Gasteiger partial charge < -0.3 is 19.7 Å². The number of nitrogens with one attached hydrogen (secondary N) is 1. The largest absolute Gasteiger partial charge is 0.474 e. The van der Waals surface area contributed by atoms with Crippen LogP contribution in [0, 0.1) is 0 Å². The van der Waals surface area contributed by atoms with Crippen LogP contribution in [0.1, 0.15) is 13.8 Å². The fourth-order valence-corrected chi connectivity index (χ4v) is 2.43. The smallest absolute Gasteiger partial charge is 0.260 e. The summed E-state index contributed by atoms with van der Waals surface area (Å²) in [5, 5.41) is 3.38. The number of hydrogen-bond donors (Lipinski definition) is 1. The van der Waals surface area contributed by atoms with E-state index < -0.39 is 0 Å². The summed E-state index contributed by atoms with van der Waals surface area (Å²) in [6, 6.07) is 8.19. The Kier molecular flexibility index (Phi) is 4.61. The molecule has 5 heteroatoms. The Labute approximate surface area is 119 Å². The number of hydrogen-bond acceptors (Lipinski definition) is 4. The lowest BCUT2D eigenvalue weighted by Gasteiger charge is -2.36. The molecule has 2 rings (SSSR count). The first-order valence-electron chi connectivity index (χ1n) is 6.44. The molecule has 2 atom stereocenters. The van der Waals surface area contributed by atoms with E-state index >= 15 is 0 Å². The number of methoxy groups -OCH3 is 1. The fourth-order valence-electron chi connectivity index (χ4n) is 2.31. The molecule has 0 amide bonds. The molecule has 0 saturated carbocycles. The zero-order valence-electron chi connectivity index (χ0n) is 11.6. The van der Waals surface area contributed by atoms with Gasteiger partial charge in [-0.3, -0.25) is 0 Å². The minimum absolute atomic E-state index is 0.266. The maximum Gasteiger partial charge on any atom is 0.260 e. The molecule has 1 aliphatic heterocycles. The maximum absolute atomic E-state index is 5.74. The van der Waals surface area contributed by atoms with Gasteiger partial charge in [0, 0.05) is 24.5 Å². The normalized spacial score (nSPS) is 23.0. The summed E-state index contributed by atoms with van der Waals surface area (Å²) >= 11 is 4.97. The summed E-state index contributed by atoms with van der Waals surface area (Å²) < 4.78 is 10.7. The fraction of sp³-hybridized carbons (Fsp3) is 0.500. The van der Waals surface area contributed by atoms with E-state index in [0.29, 0.717) is 5.17 Å². The number of nitrogens with zero attached hydrogens (tertiary/aromatic N) is 1. The molecule has 0 radical (unpaired) electrons. The summed E-state index contributed by atoms with van der Waals surface area (Å²) in [5.74, 6) is 0. The molecular formula is C14H20N2O2S. The highest BCUT2D eigenvalue weighted by Gasteiger charge is 2.22.